The van der Waals surface area contributed by atoms with Crippen LogP contribution in [0.25, 0.3) is 16.8 Å². The van der Waals surface area contributed by atoms with Crippen molar-refractivity contribution in [3.8, 4) is 16.9 Å². The SMILES string of the molecule is O=c1n(Cc2noc(C3CC3)n2)nc2ccc(-c3ccc(OC(F)(F)F)cc3)cn12. The van der Waals surface area contributed by atoms with Crippen LogP contribution in [0.3, 0.4) is 0 Å². The van der Waals surface area contributed by atoms with Crippen LogP contribution >= 0.6 is 0 Å². The summed E-state index contributed by atoms with van der Waals surface area (Å²) in [5, 5.41) is 8.16. The third kappa shape index (κ3) is 3.65. The van der Waals surface area contributed by atoms with Gasteiger partial charge < -0.3 is 9.26 Å². The van der Waals surface area contributed by atoms with Crippen LogP contribution in [0, 0.1) is 0 Å². The molecule has 8 nitrogen and oxygen atoms in total. The smallest absolute Gasteiger partial charge is 0.406 e. The van der Waals surface area contributed by atoms with Crippen LogP contribution in [-0.2, 0) is 6.54 Å². The van der Waals surface area contributed by atoms with Crippen molar-refractivity contribution in [1.29, 1.82) is 0 Å². The summed E-state index contributed by atoms with van der Waals surface area (Å²) in [7, 11) is 0. The molecule has 0 atom stereocenters. The van der Waals surface area contributed by atoms with Gasteiger partial charge in [-0.05, 0) is 48.2 Å². The lowest BCUT2D eigenvalue weighted by atomic mass is 10.1. The molecule has 0 radical (unpaired) electrons. The van der Waals surface area contributed by atoms with E-state index in [0.29, 0.717) is 34.4 Å². The van der Waals surface area contributed by atoms with Gasteiger partial charge in [-0.1, -0.05) is 17.3 Å². The van der Waals surface area contributed by atoms with Crippen LogP contribution in [0.4, 0.5) is 13.2 Å². The molecule has 30 heavy (non-hydrogen) atoms. The molecular weight excluding hydrogens is 403 g/mol. The minimum Gasteiger partial charge on any atom is -0.406 e. The molecule has 0 aliphatic heterocycles. The quantitative estimate of drug-likeness (QED) is 0.495. The third-order valence-electron chi connectivity index (χ3n) is 4.70. The average Bonchev–Trinajstić information content (AvgIpc) is 3.38. The van der Waals surface area contributed by atoms with Crippen molar-refractivity contribution in [2.75, 3.05) is 0 Å². The molecule has 11 heteroatoms. The van der Waals surface area contributed by atoms with Crippen molar-refractivity contribution in [3.05, 3.63) is 64.8 Å². The summed E-state index contributed by atoms with van der Waals surface area (Å²) in [4.78, 5) is 17.0. The van der Waals surface area contributed by atoms with Gasteiger partial charge >= 0.3 is 12.1 Å². The first-order valence-electron chi connectivity index (χ1n) is 9.14. The van der Waals surface area contributed by atoms with Gasteiger partial charge in [0.25, 0.3) is 0 Å². The van der Waals surface area contributed by atoms with E-state index in [-0.39, 0.29) is 18.0 Å². The molecule has 154 valence electrons. The molecule has 0 N–H and O–H groups in total. The van der Waals surface area contributed by atoms with E-state index >= 15 is 0 Å². The van der Waals surface area contributed by atoms with Gasteiger partial charge in [0.15, 0.2) is 11.5 Å². The number of hydrogen-bond donors (Lipinski definition) is 0. The highest BCUT2D eigenvalue weighted by atomic mass is 19.4. The first-order valence-corrected chi connectivity index (χ1v) is 9.14. The van der Waals surface area contributed by atoms with E-state index < -0.39 is 6.36 Å². The summed E-state index contributed by atoms with van der Waals surface area (Å²) in [5.41, 5.74) is 1.30. The molecule has 1 saturated carbocycles. The predicted molar refractivity (Wildman–Crippen MR) is 96.9 cm³/mol. The van der Waals surface area contributed by atoms with Crippen LogP contribution < -0.4 is 10.4 Å². The Morgan fingerprint density at radius 3 is 2.53 bits per heavy atom. The second-order valence-electron chi connectivity index (χ2n) is 6.98. The largest absolute Gasteiger partial charge is 0.573 e. The highest BCUT2D eigenvalue weighted by Crippen LogP contribution is 2.38. The molecule has 1 aromatic carbocycles. The molecule has 0 saturated heterocycles. The second-order valence-corrected chi connectivity index (χ2v) is 6.98. The van der Waals surface area contributed by atoms with Crippen LogP contribution in [0.2, 0.25) is 0 Å². The monoisotopic (exact) mass is 417 g/mol. The average molecular weight is 417 g/mol. The Bertz CT molecular complexity index is 1270. The Morgan fingerprint density at radius 1 is 1.10 bits per heavy atom. The first-order chi connectivity index (χ1) is 14.4. The first kappa shape index (κ1) is 18.4. The number of alkyl halides is 3. The molecule has 0 amide bonds. The Labute approximate surface area is 166 Å². The number of pyridine rings is 1. The fourth-order valence-corrected chi connectivity index (χ4v) is 3.10. The van der Waals surface area contributed by atoms with Gasteiger partial charge in [-0.3, -0.25) is 0 Å². The topological polar surface area (TPSA) is 87.5 Å². The number of aromatic nitrogens is 5. The maximum atomic E-state index is 12.7. The lowest BCUT2D eigenvalue weighted by molar-refractivity contribution is -0.274. The number of fused-ring (bicyclic) bond motifs is 1. The van der Waals surface area contributed by atoms with Gasteiger partial charge in [-0.2, -0.15) is 4.98 Å². The summed E-state index contributed by atoms with van der Waals surface area (Å²) in [6.07, 6.45) is -1.11. The fraction of sp³-hybridized carbons (Fsp3) is 0.263. The highest BCUT2D eigenvalue weighted by molar-refractivity contribution is 5.65. The molecule has 1 fully saturated rings. The van der Waals surface area contributed by atoms with E-state index in [0.717, 1.165) is 12.8 Å². The lowest BCUT2D eigenvalue weighted by Gasteiger charge is -2.09. The molecule has 0 spiro atoms. The zero-order chi connectivity index (χ0) is 20.9. The predicted octanol–water partition coefficient (Wildman–Crippen LogP) is 3.37. The van der Waals surface area contributed by atoms with Crippen LogP contribution in [0.15, 0.2) is 51.9 Å². The molecule has 3 aromatic heterocycles. The van der Waals surface area contributed by atoms with Crippen molar-refractivity contribution in [2.45, 2.75) is 31.7 Å². The second kappa shape index (κ2) is 6.71. The summed E-state index contributed by atoms with van der Waals surface area (Å²) in [6.45, 7) is 0.0789. The van der Waals surface area contributed by atoms with Crippen molar-refractivity contribution in [3.63, 3.8) is 0 Å². The molecule has 4 aromatic rings. The van der Waals surface area contributed by atoms with Crippen LogP contribution in [0.1, 0.15) is 30.5 Å². The van der Waals surface area contributed by atoms with Gasteiger partial charge in [-0.25, -0.2) is 13.9 Å². The van der Waals surface area contributed by atoms with E-state index in [1.807, 2.05) is 0 Å². The number of ether oxygens (including phenoxy) is 1. The maximum absolute atomic E-state index is 12.7. The van der Waals surface area contributed by atoms with Gasteiger partial charge in [0.1, 0.15) is 12.3 Å². The Balaban J connectivity index is 1.41. The van der Waals surface area contributed by atoms with Crippen molar-refractivity contribution < 1.29 is 22.4 Å². The summed E-state index contributed by atoms with van der Waals surface area (Å²) < 4.78 is 48.6. The van der Waals surface area contributed by atoms with Crippen molar-refractivity contribution >= 4 is 5.65 Å². The fourth-order valence-electron chi connectivity index (χ4n) is 3.10. The van der Waals surface area contributed by atoms with E-state index in [4.69, 9.17) is 4.52 Å². The zero-order valence-corrected chi connectivity index (χ0v) is 15.3. The van der Waals surface area contributed by atoms with Crippen LogP contribution in [0.5, 0.6) is 5.75 Å². The Hall–Kier alpha value is -3.63. The maximum Gasteiger partial charge on any atom is 0.573 e. The number of benzene rings is 1. The number of nitrogens with zero attached hydrogens (tertiary/aromatic N) is 5. The van der Waals surface area contributed by atoms with Gasteiger partial charge in [0.05, 0.1) is 0 Å². The summed E-state index contributed by atoms with van der Waals surface area (Å²) in [5.74, 6) is 0.965. The number of hydrogen-bond acceptors (Lipinski definition) is 6. The molecule has 5 rings (SSSR count). The van der Waals surface area contributed by atoms with E-state index in [9.17, 15) is 18.0 Å². The molecule has 0 unspecified atom stereocenters. The van der Waals surface area contributed by atoms with E-state index in [2.05, 4.69) is 20.0 Å². The normalized spacial score (nSPS) is 14.4. The van der Waals surface area contributed by atoms with Crippen molar-refractivity contribution in [1.82, 2.24) is 24.3 Å². The minimum atomic E-state index is -4.75. The molecule has 0 bridgehead atoms. The van der Waals surface area contributed by atoms with Gasteiger partial charge in [-0.15, -0.1) is 18.3 Å². The number of rotatable bonds is 5. The highest BCUT2D eigenvalue weighted by Gasteiger charge is 2.31. The molecule has 1 aliphatic rings. The van der Waals surface area contributed by atoms with Gasteiger partial charge in [0, 0.05) is 12.1 Å². The molecule has 3 heterocycles. The zero-order valence-electron chi connectivity index (χ0n) is 15.3. The summed E-state index contributed by atoms with van der Waals surface area (Å²) in [6, 6.07) is 8.77. The lowest BCUT2D eigenvalue weighted by Crippen LogP contribution is -2.22. The van der Waals surface area contributed by atoms with E-state index in [1.54, 1.807) is 18.3 Å². The Kier molecular flexibility index (Phi) is 4.12. The molecular formula is C19H14F3N5O3. The standard InChI is InChI=1S/C19H14F3N5O3/c20-19(21,22)29-14-6-3-11(4-7-14)13-5-8-16-24-27(18(28)26(16)9-13)10-15-23-17(30-25-15)12-1-2-12/h3-9,12H,1-2,10H2. The van der Waals surface area contributed by atoms with E-state index in [1.165, 1.54) is 33.3 Å². The summed E-state index contributed by atoms with van der Waals surface area (Å²) >= 11 is 0. The third-order valence-corrected chi connectivity index (χ3v) is 4.70. The molecule has 1 aliphatic carbocycles. The van der Waals surface area contributed by atoms with Gasteiger partial charge in [0.2, 0.25) is 5.89 Å². The van der Waals surface area contributed by atoms with Crippen molar-refractivity contribution in [2.24, 2.45) is 0 Å². The Morgan fingerprint density at radius 2 is 1.83 bits per heavy atom. The van der Waals surface area contributed by atoms with Crippen LogP contribution in [-0.4, -0.2) is 30.7 Å². The number of halogens is 3. The minimum absolute atomic E-state index is 0.0789.